The molecule has 33 heavy (non-hydrogen) atoms. The van der Waals surface area contributed by atoms with Crippen LogP contribution in [0.15, 0.2) is 53.6 Å². The summed E-state index contributed by atoms with van der Waals surface area (Å²) >= 11 is 1.52. The average Bonchev–Trinajstić information content (AvgIpc) is 2.77. The number of pyridine rings is 1. The monoisotopic (exact) mass is 477 g/mol. The molecule has 0 aliphatic rings. The summed E-state index contributed by atoms with van der Waals surface area (Å²) in [5, 5.41) is 22.0. The second-order valence-electron chi connectivity index (χ2n) is 6.65. The molecule has 0 saturated heterocycles. The van der Waals surface area contributed by atoms with Crippen LogP contribution in [0, 0.1) is 0 Å². The molecule has 1 aromatic heterocycles. The van der Waals surface area contributed by atoms with E-state index >= 15 is 0 Å². The predicted octanol–water partition coefficient (Wildman–Crippen LogP) is 2.54. The fourth-order valence-corrected chi connectivity index (χ4v) is 3.10. The van der Waals surface area contributed by atoms with Crippen LogP contribution in [0.2, 0.25) is 0 Å². The number of nitrogens with zero attached hydrogens (tertiary/aromatic N) is 1. The molecule has 10 nitrogen and oxygen atoms in total. The molecule has 2 rings (SSSR count). The minimum atomic E-state index is -1.04. The number of carboxylic acid groups (broad SMARTS) is 2. The highest BCUT2D eigenvalue weighted by Gasteiger charge is 2.10. The van der Waals surface area contributed by atoms with E-state index in [0.717, 1.165) is 10.8 Å². The SMILES string of the molecule is CC(CSc1cccc(Oc2ccccc2)n1)NC(=O)CCCC(=O)O.O=CNCC(=O)O. The summed E-state index contributed by atoms with van der Waals surface area (Å²) in [5.74, 6) is -0.145. The van der Waals surface area contributed by atoms with Crippen molar-refractivity contribution in [2.75, 3.05) is 12.3 Å². The lowest BCUT2D eigenvalue weighted by Crippen LogP contribution is -2.34. The van der Waals surface area contributed by atoms with Crippen molar-refractivity contribution < 1.29 is 34.1 Å². The van der Waals surface area contributed by atoms with Crippen molar-refractivity contribution in [1.29, 1.82) is 0 Å². The molecular formula is C22H27N3O7S. The number of benzene rings is 1. The normalized spacial score (nSPS) is 10.7. The third-order valence-corrected chi connectivity index (χ3v) is 4.87. The molecule has 0 spiro atoms. The number of hydrogen-bond donors (Lipinski definition) is 4. The molecule has 0 saturated carbocycles. The molecule has 0 aliphatic carbocycles. The van der Waals surface area contributed by atoms with Gasteiger partial charge in [0.1, 0.15) is 17.3 Å². The Balaban J connectivity index is 0.000000675. The van der Waals surface area contributed by atoms with Crippen LogP contribution in [0.25, 0.3) is 0 Å². The van der Waals surface area contributed by atoms with Gasteiger partial charge in [-0.2, -0.15) is 0 Å². The lowest BCUT2D eigenvalue weighted by molar-refractivity contribution is -0.137. The maximum atomic E-state index is 11.8. The molecule has 0 aliphatic heterocycles. The van der Waals surface area contributed by atoms with E-state index in [2.05, 4.69) is 10.3 Å². The second kappa shape index (κ2) is 16.1. The third kappa shape index (κ3) is 14.2. The van der Waals surface area contributed by atoms with Crippen molar-refractivity contribution >= 4 is 36.0 Å². The summed E-state index contributed by atoms with van der Waals surface area (Å²) in [6.07, 6.45) is 0.921. The van der Waals surface area contributed by atoms with Crippen LogP contribution in [0.4, 0.5) is 0 Å². The molecule has 4 N–H and O–H groups in total. The smallest absolute Gasteiger partial charge is 0.322 e. The van der Waals surface area contributed by atoms with Gasteiger partial charge in [0.2, 0.25) is 18.2 Å². The minimum Gasteiger partial charge on any atom is -0.481 e. The molecule has 1 unspecified atom stereocenters. The number of thioether (sulfide) groups is 1. The summed E-state index contributed by atoms with van der Waals surface area (Å²) in [6.45, 7) is 1.61. The van der Waals surface area contributed by atoms with Crippen LogP contribution >= 0.6 is 11.8 Å². The number of aliphatic carboxylic acids is 2. The van der Waals surface area contributed by atoms with E-state index < -0.39 is 11.9 Å². The Labute approximate surface area is 195 Å². The number of hydrogen-bond acceptors (Lipinski definition) is 7. The molecule has 1 heterocycles. The van der Waals surface area contributed by atoms with E-state index in [1.54, 1.807) is 6.07 Å². The lowest BCUT2D eigenvalue weighted by atomic mass is 10.2. The number of aromatic nitrogens is 1. The van der Waals surface area contributed by atoms with Gasteiger partial charge in [0, 0.05) is 30.7 Å². The number of ether oxygens (including phenoxy) is 1. The average molecular weight is 478 g/mol. The van der Waals surface area contributed by atoms with E-state index in [9.17, 15) is 19.2 Å². The van der Waals surface area contributed by atoms with Crippen LogP contribution in [0.3, 0.4) is 0 Å². The largest absolute Gasteiger partial charge is 0.481 e. The maximum Gasteiger partial charge on any atom is 0.322 e. The van der Waals surface area contributed by atoms with Crippen LogP contribution in [0.1, 0.15) is 26.2 Å². The summed E-state index contributed by atoms with van der Waals surface area (Å²) in [5.41, 5.74) is 0. The van der Waals surface area contributed by atoms with Crippen LogP contribution in [0.5, 0.6) is 11.6 Å². The number of para-hydroxylation sites is 1. The Morgan fingerprint density at radius 3 is 2.39 bits per heavy atom. The van der Waals surface area contributed by atoms with Crippen molar-refractivity contribution in [3.05, 3.63) is 48.5 Å². The first-order chi connectivity index (χ1) is 15.8. The predicted molar refractivity (Wildman–Crippen MR) is 122 cm³/mol. The fourth-order valence-electron chi connectivity index (χ4n) is 2.27. The van der Waals surface area contributed by atoms with E-state index in [4.69, 9.17) is 14.9 Å². The van der Waals surface area contributed by atoms with Crippen LogP contribution in [-0.2, 0) is 19.2 Å². The molecule has 2 aromatic rings. The van der Waals surface area contributed by atoms with Gasteiger partial charge in [-0.05, 0) is 31.5 Å². The van der Waals surface area contributed by atoms with Gasteiger partial charge < -0.3 is 25.6 Å². The van der Waals surface area contributed by atoms with Gasteiger partial charge in [0.25, 0.3) is 0 Å². The Morgan fingerprint density at radius 1 is 1.06 bits per heavy atom. The lowest BCUT2D eigenvalue weighted by Gasteiger charge is -2.13. The Bertz CT molecular complexity index is 897. The van der Waals surface area contributed by atoms with E-state index in [1.165, 1.54) is 11.8 Å². The zero-order valence-electron chi connectivity index (χ0n) is 18.1. The molecule has 0 bridgehead atoms. The molecule has 11 heteroatoms. The van der Waals surface area contributed by atoms with Crippen LogP contribution < -0.4 is 15.4 Å². The molecule has 1 aromatic carbocycles. The third-order valence-electron chi connectivity index (χ3n) is 3.68. The zero-order valence-corrected chi connectivity index (χ0v) is 18.9. The van der Waals surface area contributed by atoms with Gasteiger partial charge in [0.15, 0.2) is 0 Å². The summed E-state index contributed by atoms with van der Waals surface area (Å²) < 4.78 is 5.71. The Kier molecular flexibility index (Phi) is 13.4. The number of amides is 2. The molecule has 0 fully saturated rings. The highest BCUT2D eigenvalue weighted by Crippen LogP contribution is 2.23. The first kappa shape index (κ1) is 27.4. The molecule has 178 valence electrons. The fraction of sp³-hybridized carbons (Fsp3) is 0.318. The van der Waals surface area contributed by atoms with Gasteiger partial charge in [-0.15, -0.1) is 11.8 Å². The van der Waals surface area contributed by atoms with Gasteiger partial charge in [-0.1, -0.05) is 24.3 Å². The quantitative estimate of drug-likeness (QED) is 0.251. The standard InChI is InChI=1S/C19H22N2O4S.C3H5NO3/c1-14(20-16(22)9-5-12-19(23)24)13-26-18-11-6-10-17(21-18)25-15-7-3-2-4-8-15;5-2-4-1-3(6)7/h2-4,6-8,10-11,14H,5,9,12-13H2,1H3,(H,20,22)(H,23,24);2H,1H2,(H,4,5)(H,6,7). The topological polar surface area (TPSA) is 155 Å². The van der Waals surface area contributed by atoms with E-state index in [-0.39, 0.29) is 31.3 Å². The van der Waals surface area contributed by atoms with Crippen LogP contribution in [-0.4, -0.2) is 57.8 Å². The van der Waals surface area contributed by atoms with Gasteiger partial charge >= 0.3 is 11.9 Å². The number of nitrogens with one attached hydrogen (secondary N) is 2. The van der Waals surface area contributed by atoms with Crippen molar-refractivity contribution in [2.45, 2.75) is 37.3 Å². The van der Waals surface area contributed by atoms with Crippen molar-refractivity contribution in [3.63, 3.8) is 0 Å². The van der Waals surface area contributed by atoms with Gasteiger partial charge in [-0.25, -0.2) is 4.98 Å². The zero-order chi connectivity index (χ0) is 24.5. The number of carboxylic acids is 2. The highest BCUT2D eigenvalue weighted by atomic mass is 32.2. The van der Waals surface area contributed by atoms with E-state index in [1.807, 2.05) is 54.7 Å². The van der Waals surface area contributed by atoms with E-state index in [0.29, 0.717) is 24.5 Å². The Morgan fingerprint density at radius 2 is 1.79 bits per heavy atom. The minimum absolute atomic E-state index is 0.00861. The number of rotatable bonds is 13. The molecule has 1 atom stereocenters. The molecular weight excluding hydrogens is 450 g/mol. The maximum absolute atomic E-state index is 11.8. The molecule has 2 amide bonds. The molecule has 0 radical (unpaired) electrons. The van der Waals surface area contributed by atoms with Gasteiger partial charge in [-0.3, -0.25) is 19.2 Å². The number of carbonyl (C=O) groups excluding carboxylic acids is 2. The van der Waals surface area contributed by atoms with Crippen molar-refractivity contribution in [1.82, 2.24) is 15.6 Å². The second-order valence-corrected chi connectivity index (χ2v) is 7.69. The first-order valence-corrected chi connectivity index (χ1v) is 11.0. The van der Waals surface area contributed by atoms with Crippen molar-refractivity contribution in [3.8, 4) is 11.6 Å². The summed E-state index contributed by atoms with van der Waals surface area (Å²) in [7, 11) is 0. The number of carbonyl (C=O) groups is 4. The highest BCUT2D eigenvalue weighted by molar-refractivity contribution is 7.99. The first-order valence-electron chi connectivity index (χ1n) is 10.0. The van der Waals surface area contributed by atoms with Crippen molar-refractivity contribution in [2.24, 2.45) is 0 Å². The van der Waals surface area contributed by atoms with Gasteiger partial charge in [0.05, 0.1) is 0 Å². The Hall–Kier alpha value is -3.60. The summed E-state index contributed by atoms with van der Waals surface area (Å²) in [6, 6.07) is 15.0. The summed E-state index contributed by atoms with van der Waals surface area (Å²) in [4.78, 5) is 45.5.